The molecule has 0 spiro atoms. The van der Waals surface area contributed by atoms with Crippen molar-refractivity contribution in [3.63, 3.8) is 0 Å². The highest BCUT2D eigenvalue weighted by Gasteiger charge is 2.28. The maximum atomic E-state index is 12.0. The molecule has 0 aliphatic heterocycles. The van der Waals surface area contributed by atoms with Crippen LogP contribution in [0.5, 0.6) is 0 Å². The summed E-state index contributed by atoms with van der Waals surface area (Å²) in [5.41, 5.74) is -0.589. The lowest BCUT2D eigenvalue weighted by molar-refractivity contribution is -0.385. The van der Waals surface area contributed by atoms with E-state index >= 15 is 0 Å². The van der Waals surface area contributed by atoms with Gasteiger partial charge in [-0.05, 0) is 39.7 Å². The molecule has 0 saturated heterocycles. The van der Waals surface area contributed by atoms with E-state index in [1.54, 1.807) is 6.07 Å². The van der Waals surface area contributed by atoms with Gasteiger partial charge in [-0.3, -0.25) is 10.1 Å². The Labute approximate surface area is 141 Å². The summed E-state index contributed by atoms with van der Waals surface area (Å²) in [5.74, 6) is 0.559. The van der Waals surface area contributed by atoms with Crippen LogP contribution in [0.4, 0.5) is 16.3 Å². The van der Waals surface area contributed by atoms with Crippen molar-refractivity contribution in [2.75, 3.05) is 5.32 Å². The SMILES string of the molecule is CC(C)(C)OC(=O)N[C@H]1CCCC[C@H]1Nc1ccc([N+](=O)[O-])cn1. The molecule has 2 N–H and O–H groups in total. The summed E-state index contributed by atoms with van der Waals surface area (Å²) < 4.78 is 5.31. The zero-order valence-corrected chi connectivity index (χ0v) is 14.2. The highest BCUT2D eigenvalue weighted by Crippen LogP contribution is 2.23. The van der Waals surface area contributed by atoms with Crippen LogP contribution >= 0.6 is 0 Å². The van der Waals surface area contributed by atoms with Gasteiger partial charge >= 0.3 is 6.09 Å². The minimum Gasteiger partial charge on any atom is -0.444 e. The minimum absolute atomic E-state index is 0.0141. The molecule has 2 atom stereocenters. The van der Waals surface area contributed by atoms with E-state index in [4.69, 9.17) is 4.74 Å². The van der Waals surface area contributed by atoms with Gasteiger partial charge in [-0.2, -0.15) is 0 Å². The average molecular weight is 336 g/mol. The molecule has 1 fully saturated rings. The molecule has 0 bridgehead atoms. The van der Waals surface area contributed by atoms with Gasteiger partial charge < -0.3 is 15.4 Å². The summed E-state index contributed by atoms with van der Waals surface area (Å²) >= 11 is 0. The lowest BCUT2D eigenvalue weighted by atomic mass is 9.90. The van der Waals surface area contributed by atoms with E-state index in [1.807, 2.05) is 20.8 Å². The highest BCUT2D eigenvalue weighted by atomic mass is 16.6. The zero-order valence-electron chi connectivity index (χ0n) is 14.2. The van der Waals surface area contributed by atoms with Crippen molar-refractivity contribution in [1.29, 1.82) is 0 Å². The summed E-state index contributed by atoms with van der Waals surface area (Å²) in [6.07, 6.45) is 4.62. The van der Waals surface area contributed by atoms with Crippen molar-refractivity contribution < 1.29 is 14.5 Å². The first-order valence-electron chi connectivity index (χ1n) is 8.11. The van der Waals surface area contributed by atoms with Crippen LogP contribution in [0.25, 0.3) is 0 Å². The number of rotatable bonds is 4. The molecule has 0 aromatic carbocycles. The Kier molecular flexibility index (Phi) is 5.58. The maximum Gasteiger partial charge on any atom is 0.407 e. The molecule has 1 heterocycles. The maximum absolute atomic E-state index is 12.0. The second-order valence-corrected chi connectivity index (χ2v) is 6.95. The summed E-state index contributed by atoms with van der Waals surface area (Å²) in [5, 5.41) is 16.9. The molecule has 0 unspecified atom stereocenters. The molecule has 24 heavy (non-hydrogen) atoms. The molecular formula is C16H24N4O4. The summed E-state index contributed by atoms with van der Waals surface area (Å²) in [7, 11) is 0. The van der Waals surface area contributed by atoms with Crippen LogP contribution in [0, 0.1) is 10.1 Å². The van der Waals surface area contributed by atoms with Gasteiger partial charge in [0.15, 0.2) is 0 Å². The molecule has 1 aromatic heterocycles. The number of anilines is 1. The number of nitrogens with one attached hydrogen (secondary N) is 2. The number of carbonyl (C=O) groups is 1. The number of nitro groups is 1. The summed E-state index contributed by atoms with van der Waals surface area (Å²) in [4.78, 5) is 26.3. The normalized spacial score (nSPS) is 21.0. The topological polar surface area (TPSA) is 106 Å². The van der Waals surface area contributed by atoms with E-state index in [9.17, 15) is 14.9 Å². The second-order valence-electron chi connectivity index (χ2n) is 6.95. The third-order valence-corrected chi connectivity index (χ3v) is 3.76. The standard InChI is InChI=1S/C16H24N4O4/c1-16(2,3)24-15(21)19-13-7-5-4-6-12(13)18-14-9-8-11(10-17-14)20(22)23/h8-10,12-13H,4-7H2,1-3H3,(H,17,18)(H,19,21)/t12-,13+/m1/s1. The smallest absolute Gasteiger partial charge is 0.407 e. The number of nitrogens with zero attached hydrogens (tertiary/aromatic N) is 2. The molecule has 2 rings (SSSR count). The molecule has 1 amide bonds. The quantitative estimate of drug-likeness (QED) is 0.646. The van der Waals surface area contributed by atoms with Gasteiger partial charge in [-0.25, -0.2) is 9.78 Å². The Balaban J connectivity index is 1.98. The zero-order chi connectivity index (χ0) is 17.7. The highest BCUT2D eigenvalue weighted by molar-refractivity contribution is 5.68. The van der Waals surface area contributed by atoms with Crippen molar-refractivity contribution in [2.24, 2.45) is 0 Å². The third kappa shape index (κ3) is 5.36. The van der Waals surface area contributed by atoms with E-state index in [2.05, 4.69) is 15.6 Å². The van der Waals surface area contributed by atoms with Crippen molar-refractivity contribution in [3.8, 4) is 0 Å². The summed E-state index contributed by atoms with van der Waals surface area (Å²) in [6.45, 7) is 5.47. The van der Waals surface area contributed by atoms with Gasteiger partial charge in [0.05, 0.1) is 11.0 Å². The van der Waals surface area contributed by atoms with Crippen molar-refractivity contribution >= 4 is 17.6 Å². The number of pyridine rings is 1. The number of carbonyl (C=O) groups excluding carboxylic acids is 1. The van der Waals surface area contributed by atoms with Crippen LogP contribution in [0.15, 0.2) is 18.3 Å². The molecule has 1 aliphatic rings. The lowest BCUT2D eigenvalue weighted by Crippen LogP contribution is -2.49. The van der Waals surface area contributed by atoms with Crippen LogP contribution in [0.3, 0.4) is 0 Å². The second kappa shape index (κ2) is 7.46. The van der Waals surface area contributed by atoms with E-state index < -0.39 is 16.6 Å². The van der Waals surface area contributed by atoms with Crippen LogP contribution in [0.2, 0.25) is 0 Å². The van der Waals surface area contributed by atoms with Gasteiger partial charge in [0.2, 0.25) is 0 Å². The Hall–Kier alpha value is -2.38. The van der Waals surface area contributed by atoms with Crippen LogP contribution in [-0.2, 0) is 4.74 Å². The molecule has 8 heteroatoms. The molecule has 8 nitrogen and oxygen atoms in total. The minimum atomic E-state index is -0.540. The van der Waals surface area contributed by atoms with Gasteiger partial charge in [0.25, 0.3) is 5.69 Å². The predicted octanol–water partition coefficient (Wildman–Crippen LogP) is 3.24. The van der Waals surface area contributed by atoms with Crippen molar-refractivity contribution in [3.05, 3.63) is 28.4 Å². The van der Waals surface area contributed by atoms with Gasteiger partial charge in [0, 0.05) is 12.1 Å². The monoisotopic (exact) mass is 336 g/mol. The van der Waals surface area contributed by atoms with E-state index in [1.165, 1.54) is 12.3 Å². The van der Waals surface area contributed by atoms with Gasteiger partial charge in [-0.1, -0.05) is 12.8 Å². The van der Waals surface area contributed by atoms with Crippen LogP contribution < -0.4 is 10.6 Å². The van der Waals surface area contributed by atoms with Crippen molar-refractivity contribution in [1.82, 2.24) is 10.3 Å². The average Bonchev–Trinajstić information content (AvgIpc) is 2.48. The van der Waals surface area contributed by atoms with Crippen molar-refractivity contribution in [2.45, 2.75) is 64.1 Å². The molecule has 0 radical (unpaired) electrons. The van der Waals surface area contributed by atoms with Gasteiger partial charge in [-0.15, -0.1) is 0 Å². The molecule has 132 valence electrons. The van der Waals surface area contributed by atoms with E-state index in [-0.39, 0.29) is 17.8 Å². The number of alkyl carbamates (subject to hydrolysis) is 1. The lowest BCUT2D eigenvalue weighted by Gasteiger charge is -2.33. The first kappa shape index (κ1) is 18.0. The van der Waals surface area contributed by atoms with Crippen LogP contribution in [0.1, 0.15) is 46.5 Å². The number of ether oxygens (including phenoxy) is 1. The Morgan fingerprint density at radius 3 is 2.50 bits per heavy atom. The van der Waals surface area contributed by atoms with E-state index in [0.717, 1.165) is 25.7 Å². The fraction of sp³-hybridized carbons (Fsp3) is 0.625. The number of hydrogen-bond acceptors (Lipinski definition) is 6. The number of aromatic nitrogens is 1. The third-order valence-electron chi connectivity index (χ3n) is 3.76. The Bertz CT molecular complexity index is 583. The fourth-order valence-electron chi connectivity index (χ4n) is 2.70. The molecular weight excluding hydrogens is 312 g/mol. The summed E-state index contributed by atoms with van der Waals surface area (Å²) in [6, 6.07) is 2.94. The Morgan fingerprint density at radius 2 is 1.96 bits per heavy atom. The molecule has 1 saturated carbocycles. The number of amides is 1. The fourth-order valence-corrected chi connectivity index (χ4v) is 2.70. The number of hydrogen-bond donors (Lipinski definition) is 2. The first-order valence-corrected chi connectivity index (χ1v) is 8.11. The largest absolute Gasteiger partial charge is 0.444 e. The Morgan fingerprint density at radius 1 is 1.29 bits per heavy atom. The molecule has 1 aliphatic carbocycles. The van der Waals surface area contributed by atoms with Gasteiger partial charge in [0.1, 0.15) is 17.6 Å². The molecule has 1 aromatic rings. The first-order chi connectivity index (χ1) is 11.2. The van der Waals surface area contributed by atoms with Crippen LogP contribution in [-0.4, -0.2) is 33.7 Å². The predicted molar refractivity (Wildman–Crippen MR) is 89.9 cm³/mol. The van der Waals surface area contributed by atoms with E-state index in [0.29, 0.717) is 5.82 Å².